The predicted molar refractivity (Wildman–Crippen MR) is 68.5 cm³/mol. The van der Waals surface area contributed by atoms with Crippen LogP contribution in [-0.4, -0.2) is 12.2 Å². The summed E-state index contributed by atoms with van der Waals surface area (Å²) in [6, 6.07) is 10.7. The van der Waals surface area contributed by atoms with E-state index in [0.717, 1.165) is 0 Å². The van der Waals surface area contributed by atoms with Crippen molar-refractivity contribution in [3.05, 3.63) is 64.4 Å². The van der Waals surface area contributed by atoms with Crippen LogP contribution in [0.25, 0.3) is 0 Å². The van der Waals surface area contributed by atoms with Crippen molar-refractivity contribution in [1.29, 1.82) is 0 Å². The molecule has 0 aliphatic carbocycles. The van der Waals surface area contributed by atoms with Crippen LogP contribution < -0.4 is 4.74 Å². The number of rotatable bonds is 3. The smallest absolute Gasteiger partial charge is 0.125 e. The molecule has 0 fully saturated rings. The molecule has 0 saturated carbocycles. The number of methoxy groups -OCH3 is 1. The van der Waals surface area contributed by atoms with Crippen LogP contribution in [0, 0.1) is 5.82 Å². The molecule has 2 aromatic rings. The highest BCUT2D eigenvalue weighted by atomic mass is 35.5. The Morgan fingerprint density at radius 2 is 2.00 bits per heavy atom. The van der Waals surface area contributed by atoms with Crippen LogP contribution in [0.15, 0.2) is 42.5 Å². The van der Waals surface area contributed by atoms with Gasteiger partial charge >= 0.3 is 0 Å². The van der Waals surface area contributed by atoms with Crippen LogP contribution in [0.1, 0.15) is 17.2 Å². The average molecular weight is 267 g/mol. The lowest BCUT2D eigenvalue weighted by Gasteiger charge is -2.15. The van der Waals surface area contributed by atoms with Gasteiger partial charge in [0.05, 0.1) is 7.11 Å². The highest BCUT2D eigenvalue weighted by Gasteiger charge is 2.16. The summed E-state index contributed by atoms with van der Waals surface area (Å²) in [5.41, 5.74) is 0.964. The van der Waals surface area contributed by atoms with Crippen LogP contribution >= 0.6 is 11.6 Å². The van der Waals surface area contributed by atoms with Crippen molar-refractivity contribution in [1.82, 2.24) is 0 Å². The molecular formula is C14H12ClFO2. The van der Waals surface area contributed by atoms with E-state index in [2.05, 4.69) is 0 Å². The Hall–Kier alpha value is -1.58. The Kier molecular flexibility index (Phi) is 3.84. The second-order valence-corrected chi connectivity index (χ2v) is 4.28. The van der Waals surface area contributed by atoms with Crippen molar-refractivity contribution in [3.8, 4) is 5.75 Å². The van der Waals surface area contributed by atoms with E-state index in [4.69, 9.17) is 16.3 Å². The number of aliphatic hydroxyl groups is 1. The summed E-state index contributed by atoms with van der Waals surface area (Å²) in [4.78, 5) is 0. The minimum Gasteiger partial charge on any atom is -0.496 e. The molecule has 18 heavy (non-hydrogen) atoms. The van der Waals surface area contributed by atoms with Gasteiger partial charge in [-0.25, -0.2) is 4.39 Å². The molecular weight excluding hydrogens is 255 g/mol. The van der Waals surface area contributed by atoms with E-state index in [9.17, 15) is 9.50 Å². The van der Waals surface area contributed by atoms with Crippen LogP contribution in [0.4, 0.5) is 4.39 Å². The molecule has 0 aromatic heterocycles. The van der Waals surface area contributed by atoms with E-state index in [1.807, 2.05) is 0 Å². The first-order valence-electron chi connectivity index (χ1n) is 5.39. The molecule has 0 saturated heterocycles. The van der Waals surface area contributed by atoms with E-state index < -0.39 is 11.9 Å². The summed E-state index contributed by atoms with van der Waals surface area (Å²) in [6.07, 6.45) is -0.977. The normalized spacial score (nSPS) is 12.2. The van der Waals surface area contributed by atoms with Crippen LogP contribution in [0.2, 0.25) is 5.02 Å². The standard InChI is InChI=1S/C14H12ClFO2/c1-18-13-6-5-10(15)8-12(13)14(17)9-3-2-4-11(16)7-9/h2-8,14,17H,1H3. The number of benzene rings is 2. The molecule has 0 aliphatic heterocycles. The maximum atomic E-state index is 13.1. The molecule has 1 unspecified atom stereocenters. The van der Waals surface area contributed by atoms with Crippen molar-refractivity contribution in [2.24, 2.45) is 0 Å². The summed E-state index contributed by atoms with van der Waals surface area (Å²) in [5.74, 6) is 0.115. The molecule has 2 aromatic carbocycles. The lowest BCUT2D eigenvalue weighted by Crippen LogP contribution is -2.02. The third-order valence-corrected chi connectivity index (χ3v) is 2.89. The predicted octanol–water partition coefficient (Wildman–Crippen LogP) is 3.57. The van der Waals surface area contributed by atoms with E-state index in [1.165, 1.54) is 19.2 Å². The van der Waals surface area contributed by atoms with Crippen LogP contribution in [-0.2, 0) is 0 Å². The number of hydrogen-bond acceptors (Lipinski definition) is 2. The summed E-state index contributed by atoms with van der Waals surface area (Å²) in [6.45, 7) is 0. The maximum Gasteiger partial charge on any atom is 0.125 e. The fraction of sp³-hybridized carbons (Fsp3) is 0.143. The van der Waals surface area contributed by atoms with E-state index in [0.29, 0.717) is 21.9 Å². The Bertz CT molecular complexity index is 557. The van der Waals surface area contributed by atoms with Gasteiger partial charge in [-0.3, -0.25) is 0 Å². The summed E-state index contributed by atoms with van der Waals surface area (Å²) < 4.78 is 18.3. The lowest BCUT2D eigenvalue weighted by atomic mass is 10.0. The summed E-state index contributed by atoms with van der Waals surface area (Å²) in [7, 11) is 1.50. The van der Waals surface area contributed by atoms with E-state index >= 15 is 0 Å². The zero-order valence-corrected chi connectivity index (χ0v) is 10.5. The number of ether oxygens (including phenoxy) is 1. The highest BCUT2D eigenvalue weighted by Crippen LogP contribution is 2.32. The monoisotopic (exact) mass is 266 g/mol. The number of aliphatic hydroxyl groups excluding tert-OH is 1. The summed E-state index contributed by atoms with van der Waals surface area (Å²) >= 11 is 5.90. The maximum absolute atomic E-state index is 13.1. The Labute approximate surface area is 110 Å². The van der Waals surface area contributed by atoms with Gasteiger partial charge in [-0.2, -0.15) is 0 Å². The molecule has 1 atom stereocenters. The van der Waals surface area contributed by atoms with Crippen molar-refractivity contribution in [2.45, 2.75) is 6.10 Å². The van der Waals surface area contributed by atoms with Crippen molar-refractivity contribution < 1.29 is 14.2 Å². The van der Waals surface area contributed by atoms with Crippen molar-refractivity contribution in [2.75, 3.05) is 7.11 Å². The van der Waals surface area contributed by atoms with Crippen molar-refractivity contribution >= 4 is 11.6 Å². The zero-order chi connectivity index (χ0) is 13.1. The first kappa shape index (κ1) is 12.9. The fourth-order valence-electron chi connectivity index (χ4n) is 1.78. The van der Waals surface area contributed by atoms with Gasteiger partial charge < -0.3 is 9.84 Å². The number of hydrogen-bond donors (Lipinski definition) is 1. The lowest BCUT2D eigenvalue weighted by molar-refractivity contribution is 0.214. The molecule has 4 heteroatoms. The molecule has 2 rings (SSSR count). The largest absolute Gasteiger partial charge is 0.496 e. The third kappa shape index (κ3) is 2.63. The van der Waals surface area contributed by atoms with E-state index in [1.54, 1.807) is 30.3 Å². The molecule has 1 N–H and O–H groups in total. The average Bonchev–Trinajstić information content (AvgIpc) is 2.38. The van der Waals surface area contributed by atoms with Gasteiger partial charge in [0.1, 0.15) is 17.7 Å². The van der Waals surface area contributed by atoms with Gasteiger partial charge in [0.25, 0.3) is 0 Å². The van der Waals surface area contributed by atoms with Crippen LogP contribution in [0.3, 0.4) is 0 Å². The van der Waals surface area contributed by atoms with Gasteiger partial charge in [-0.1, -0.05) is 23.7 Å². The second-order valence-electron chi connectivity index (χ2n) is 3.84. The Morgan fingerprint density at radius 3 is 2.67 bits per heavy atom. The SMILES string of the molecule is COc1ccc(Cl)cc1C(O)c1cccc(F)c1. The second kappa shape index (κ2) is 5.38. The minimum atomic E-state index is -0.977. The molecule has 0 amide bonds. The fourth-order valence-corrected chi connectivity index (χ4v) is 1.96. The molecule has 0 radical (unpaired) electrons. The molecule has 94 valence electrons. The Balaban J connectivity index is 2.44. The minimum absolute atomic E-state index is 0.396. The van der Waals surface area contributed by atoms with Crippen LogP contribution in [0.5, 0.6) is 5.75 Å². The summed E-state index contributed by atoms with van der Waals surface area (Å²) in [5, 5.41) is 10.7. The third-order valence-electron chi connectivity index (χ3n) is 2.65. The van der Waals surface area contributed by atoms with Gasteiger partial charge in [-0.15, -0.1) is 0 Å². The van der Waals surface area contributed by atoms with Gasteiger partial charge in [0, 0.05) is 10.6 Å². The zero-order valence-electron chi connectivity index (χ0n) is 9.73. The van der Waals surface area contributed by atoms with E-state index in [-0.39, 0.29) is 0 Å². The van der Waals surface area contributed by atoms with Crippen molar-refractivity contribution in [3.63, 3.8) is 0 Å². The topological polar surface area (TPSA) is 29.5 Å². The number of halogens is 2. The van der Waals surface area contributed by atoms with Gasteiger partial charge in [-0.05, 0) is 35.9 Å². The van der Waals surface area contributed by atoms with Gasteiger partial charge in [0.2, 0.25) is 0 Å². The quantitative estimate of drug-likeness (QED) is 0.920. The molecule has 2 nitrogen and oxygen atoms in total. The first-order chi connectivity index (χ1) is 8.61. The van der Waals surface area contributed by atoms with Gasteiger partial charge in [0.15, 0.2) is 0 Å². The molecule has 0 bridgehead atoms. The highest BCUT2D eigenvalue weighted by molar-refractivity contribution is 6.30. The Morgan fingerprint density at radius 1 is 1.22 bits per heavy atom. The first-order valence-corrected chi connectivity index (χ1v) is 5.76. The molecule has 0 heterocycles. The molecule has 0 spiro atoms. The molecule has 0 aliphatic rings.